The number of ether oxygens (including phenoxy) is 1. The van der Waals surface area contributed by atoms with Crippen molar-refractivity contribution in [2.45, 2.75) is 25.9 Å². The van der Waals surface area contributed by atoms with E-state index < -0.39 is 12.0 Å². The van der Waals surface area contributed by atoms with Crippen molar-refractivity contribution < 1.29 is 18.7 Å². The molecule has 4 aromatic carbocycles. The molecular formula is C33H31FN2O3. The first kappa shape index (κ1) is 26.2. The van der Waals surface area contributed by atoms with Crippen LogP contribution in [0.3, 0.4) is 0 Å². The molecule has 0 aliphatic carbocycles. The summed E-state index contributed by atoms with van der Waals surface area (Å²) in [7, 11) is 1.59. The lowest BCUT2D eigenvalue weighted by atomic mass is 9.88. The van der Waals surface area contributed by atoms with Crippen LogP contribution in [0.1, 0.15) is 47.4 Å². The summed E-state index contributed by atoms with van der Waals surface area (Å²) in [6.07, 6.45) is -0.580. The number of halogens is 1. The van der Waals surface area contributed by atoms with Crippen LogP contribution in [-0.2, 0) is 4.79 Å². The summed E-state index contributed by atoms with van der Waals surface area (Å²) in [5.74, 6) is -0.339. The largest absolute Gasteiger partial charge is 0.484 e. The minimum atomic E-state index is -0.610. The van der Waals surface area contributed by atoms with E-state index in [9.17, 15) is 14.0 Å². The van der Waals surface area contributed by atoms with E-state index in [4.69, 9.17) is 4.74 Å². The zero-order valence-electron chi connectivity index (χ0n) is 22.2. The number of carbonyl (C=O) groups excluding carboxylic acids is 2. The summed E-state index contributed by atoms with van der Waals surface area (Å²) in [5.41, 5.74) is 5.68. The second kappa shape index (κ2) is 11.1. The first-order chi connectivity index (χ1) is 18.8. The number of hydrogen-bond donors (Lipinski definition) is 2. The number of amides is 2. The summed E-state index contributed by atoms with van der Waals surface area (Å²) in [5, 5.41) is 5.77. The van der Waals surface area contributed by atoms with Crippen LogP contribution in [0.25, 0.3) is 22.3 Å². The highest BCUT2D eigenvalue weighted by atomic mass is 19.1. The molecule has 2 N–H and O–H groups in total. The topological polar surface area (TPSA) is 67.4 Å². The lowest BCUT2D eigenvalue weighted by molar-refractivity contribution is -0.123. The Labute approximate surface area is 228 Å². The van der Waals surface area contributed by atoms with Crippen LogP contribution in [0.15, 0.2) is 91.0 Å². The standard InChI is InChI=1S/C33H31FN2O3/c1-20(2)19-36-32(37)26-16-24(21-7-5-4-6-8-21)15-25(17-26)23-11-14-29-28(18-23)30(33(38)35-3)31(39-29)22-9-12-27(34)13-10-22/h4-18,20,30-31H,19H2,1-3H3,(H,35,38)(H,36,37). The summed E-state index contributed by atoms with van der Waals surface area (Å²) in [6.45, 7) is 4.69. The first-order valence-corrected chi connectivity index (χ1v) is 13.1. The predicted molar refractivity (Wildman–Crippen MR) is 151 cm³/mol. The third-order valence-electron chi connectivity index (χ3n) is 6.94. The Morgan fingerprint density at radius 1 is 0.846 bits per heavy atom. The highest BCUT2D eigenvalue weighted by Crippen LogP contribution is 2.47. The fourth-order valence-electron chi connectivity index (χ4n) is 4.91. The highest BCUT2D eigenvalue weighted by molar-refractivity contribution is 5.97. The molecule has 0 aromatic heterocycles. The van der Waals surface area contributed by atoms with Gasteiger partial charge in [0.1, 0.15) is 23.6 Å². The molecule has 5 nitrogen and oxygen atoms in total. The number of nitrogens with one attached hydrogen (secondary N) is 2. The highest BCUT2D eigenvalue weighted by Gasteiger charge is 2.40. The van der Waals surface area contributed by atoms with Crippen LogP contribution in [0.4, 0.5) is 4.39 Å². The Morgan fingerprint density at radius 3 is 2.21 bits per heavy atom. The van der Waals surface area contributed by atoms with Crippen molar-refractivity contribution in [2.75, 3.05) is 13.6 Å². The van der Waals surface area contributed by atoms with Gasteiger partial charge < -0.3 is 15.4 Å². The number of rotatable bonds is 7. The van der Waals surface area contributed by atoms with E-state index in [2.05, 4.69) is 30.5 Å². The van der Waals surface area contributed by atoms with Gasteiger partial charge in [0.25, 0.3) is 5.91 Å². The molecular weight excluding hydrogens is 491 g/mol. The molecule has 2 atom stereocenters. The lowest BCUT2D eigenvalue weighted by Crippen LogP contribution is -2.28. The molecule has 0 saturated heterocycles. The molecule has 1 aliphatic heterocycles. The quantitative estimate of drug-likeness (QED) is 0.291. The fraction of sp³-hybridized carbons (Fsp3) is 0.212. The van der Waals surface area contributed by atoms with Crippen molar-refractivity contribution in [2.24, 2.45) is 5.92 Å². The third-order valence-corrected chi connectivity index (χ3v) is 6.94. The molecule has 0 bridgehead atoms. The van der Waals surface area contributed by atoms with Gasteiger partial charge in [0, 0.05) is 24.7 Å². The van der Waals surface area contributed by atoms with Crippen LogP contribution in [0, 0.1) is 11.7 Å². The van der Waals surface area contributed by atoms with Gasteiger partial charge in [0.2, 0.25) is 5.91 Å². The molecule has 0 radical (unpaired) electrons. The van der Waals surface area contributed by atoms with Crippen molar-refractivity contribution in [3.8, 4) is 28.0 Å². The van der Waals surface area contributed by atoms with E-state index in [1.54, 1.807) is 19.2 Å². The molecule has 1 heterocycles. The normalized spacial score (nSPS) is 15.9. The van der Waals surface area contributed by atoms with E-state index in [1.807, 2.05) is 60.7 Å². The van der Waals surface area contributed by atoms with Crippen molar-refractivity contribution in [3.63, 3.8) is 0 Å². The van der Waals surface area contributed by atoms with Crippen molar-refractivity contribution in [1.29, 1.82) is 0 Å². The average Bonchev–Trinajstić information content (AvgIpc) is 3.35. The van der Waals surface area contributed by atoms with Gasteiger partial charge >= 0.3 is 0 Å². The van der Waals surface area contributed by atoms with E-state index in [0.717, 1.165) is 33.4 Å². The van der Waals surface area contributed by atoms with Gasteiger partial charge in [-0.3, -0.25) is 9.59 Å². The molecule has 198 valence electrons. The van der Waals surface area contributed by atoms with Crippen LogP contribution in [0.5, 0.6) is 5.75 Å². The predicted octanol–water partition coefficient (Wildman–Crippen LogP) is 6.51. The average molecular weight is 523 g/mol. The lowest BCUT2D eigenvalue weighted by Gasteiger charge is -2.18. The Balaban J connectivity index is 1.58. The summed E-state index contributed by atoms with van der Waals surface area (Å²) in [6, 6.07) is 27.6. The number of hydrogen-bond acceptors (Lipinski definition) is 3. The second-order valence-corrected chi connectivity index (χ2v) is 10.2. The van der Waals surface area contributed by atoms with Crippen molar-refractivity contribution >= 4 is 11.8 Å². The molecule has 1 aliphatic rings. The maximum absolute atomic E-state index is 13.6. The molecule has 5 rings (SSSR count). The SMILES string of the molecule is CNC(=O)C1c2cc(-c3cc(C(=O)NCC(C)C)cc(-c4ccccc4)c3)ccc2OC1c1ccc(F)cc1. The van der Waals surface area contributed by atoms with Crippen LogP contribution >= 0.6 is 0 Å². The van der Waals surface area contributed by atoms with E-state index >= 15 is 0 Å². The Hall–Kier alpha value is -4.45. The Kier molecular flexibility index (Phi) is 7.46. The van der Waals surface area contributed by atoms with Crippen LogP contribution in [-0.4, -0.2) is 25.4 Å². The third kappa shape index (κ3) is 5.55. The Morgan fingerprint density at radius 2 is 1.54 bits per heavy atom. The number of carbonyl (C=O) groups is 2. The number of fused-ring (bicyclic) bond motifs is 1. The van der Waals surface area contributed by atoms with Gasteiger partial charge in [-0.25, -0.2) is 4.39 Å². The summed E-state index contributed by atoms with van der Waals surface area (Å²) >= 11 is 0. The van der Waals surface area contributed by atoms with E-state index in [-0.39, 0.29) is 17.6 Å². The van der Waals surface area contributed by atoms with Gasteiger partial charge in [-0.05, 0) is 76.2 Å². The van der Waals surface area contributed by atoms with Gasteiger partial charge in [0.15, 0.2) is 0 Å². The molecule has 0 spiro atoms. The number of likely N-dealkylation sites (N-methyl/N-ethyl adjacent to an activating group) is 1. The summed E-state index contributed by atoms with van der Waals surface area (Å²) < 4.78 is 19.8. The zero-order chi connectivity index (χ0) is 27.5. The van der Waals surface area contributed by atoms with Gasteiger partial charge in [-0.1, -0.05) is 62.4 Å². The van der Waals surface area contributed by atoms with Gasteiger partial charge in [-0.15, -0.1) is 0 Å². The summed E-state index contributed by atoms with van der Waals surface area (Å²) in [4.78, 5) is 26.2. The Bertz CT molecular complexity index is 1500. The van der Waals surface area contributed by atoms with Crippen molar-refractivity contribution in [3.05, 3.63) is 114 Å². The molecule has 0 fully saturated rings. The monoisotopic (exact) mass is 522 g/mol. The second-order valence-electron chi connectivity index (χ2n) is 10.2. The molecule has 4 aromatic rings. The fourth-order valence-corrected chi connectivity index (χ4v) is 4.91. The maximum atomic E-state index is 13.6. The molecule has 0 saturated carbocycles. The molecule has 2 amide bonds. The minimum Gasteiger partial charge on any atom is -0.484 e. The number of benzene rings is 4. The van der Waals surface area contributed by atoms with Crippen molar-refractivity contribution in [1.82, 2.24) is 10.6 Å². The van der Waals surface area contributed by atoms with E-state index in [1.165, 1.54) is 12.1 Å². The van der Waals surface area contributed by atoms with Crippen LogP contribution in [0.2, 0.25) is 0 Å². The van der Waals surface area contributed by atoms with Crippen LogP contribution < -0.4 is 15.4 Å². The van der Waals surface area contributed by atoms with E-state index in [0.29, 0.717) is 23.8 Å². The zero-order valence-corrected chi connectivity index (χ0v) is 22.2. The molecule has 39 heavy (non-hydrogen) atoms. The van der Waals surface area contributed by atoms with Gasteiger partial charge in [0.05, 0.1) is 0 Å². The smallest absolute Gasteiger partial charge is 0.251 e. The van der Waals surface area contributed by atoms with Gasteiger partial charge in [-0.2, -0.15) is 0 Å². The molecule has 2 unspecified atom stereocenters. The molecule has 6 heteroatoms. The maximum Gasteiger partial charge on any atom is 0.251 e. The first-order valence-electron chi connectivity index (χ1n) is 13.1. The minimum absolute atomic E-state index is 0.133.